The lowest BCUT2D eigenvalue weighted by Crippen LogP contribution is -2.26. The number of carbonyl (C=O) groups is 2. The van der Waals surface area contributed by atoms with Crippen molar-refractivity contribution in [2.75, 3.05) is 11.1 Å². The van der Waals surface area contributed by atoms with Crippen molar-refractivity contribution >= 4 is 50.8 Å². The van der Waals surface area contributed by atoms with E-state index in [4.69, 9.17) is 5.73 Å². The van der Waals surface area contributed by atoms with Gasteiger partial charge >= 0.3 is 0 Å². The highest BCUT2D eigenvalue weighted by molar-refractivity contribution is 7.99. The Morgan fingerprint density at radius 3 is 2.75 bits per heavy atom. The summed E-state index contributed by atoms with van der Waals surface area (Å²) in [5, 5.41) is 4.48. The molecule has 1 aliphatic rings. The Morgan fingerprint density at radius 2 is 2.00 bits per heavy atom. The first kappa shape index (κ1) is 22.5. The van der Waals surface area contributed by atoms with Crippen molar-refractivity contribution in [1.29, 1.82) is 0 Å². The molecule has 1 aliphatic carbocycles. The van der Waals surface area contributed by atoms with Gasteiger partial charge in [-0.2, -0.15) is 0 Å². The van der Waals surface area contributed by atoms with E-state index in [-0.39, 0.29) is 23.1 Å². The normalized spacial score (nSPS) is 13.3. The van der Waals surface area contributed by atoms with Gasteiger partial charge in [0.1, 0.15) is 5.00 Å². The number of carbonyl (C=O) groups excluding carboxylic acids is 2. The van der Waals surface area contributed by atoms with Crippen LogP contribution in [0.2, 0.25) is 0 Å². The maximum absolute atomic E-state index is 13.0. The maximum atomic E-state index is 13.0. The molecule has 9 heteroatoms. The van der Waals surface area contributed by atoms with Gasteiger partial charge in [0.25, 0.3) is 11.5 Å². The minimum absolute atomic E-state index is 0.0731. The second-order valence-electron chi connectivity index (χ2n) is 8.34. The summed E-state index contributed by atoms with van der Waals surface area (Å²) in [7, 11) is 0. The van der Waals surface area contributed by atoms with Crippen molar-refractivity contribution in [1.82, 2.24) is 9.55 Å². The quantitative estimate of drug-likeness (QED) is 0.403. The van der Waals surface area contributed by atoms with E-state index in [9.17, 15) is 14.4 Å². The van der Waals surface area contributed by atoms with E-state index in [0.717, 1.165) is 36.1 Å². The van der Waals surface area contributed by atoms with Crippen molar-refractivity contribution in [2.45, 2.75) is 51.2 Å². The molecule has 0 aliphatic heterocycles. The van der Waals surface area contributed by atoms with Gasteiger partial charge in [-0.3, -0.25) is 19.0 Å². The lowest BCUT2D eigenvalue weighted by molar-refractivity contribution is -0.113. The number of thiophene rings is 1. The molecule has 0 radical (unpaired) electrons. The summed E-state index contributed by atoms with van der Waals surface area (Å²) in [5.74, 6) is -0.438. The average molecular weight is 471 g/mol. The lowest BCUT2D eigenvalue weighted by atomic mass is 9.95. The van der Waals surface area contributed by atoms with Gasteiger partial charge in [-0.25, -0.2) is 4.98 Å². The molecule has 2 amide bonds. The number of benzene rings is 1. The van der Waals surface area contributed by atoms with Crippen LogP contribution in [0.3, 0.4) is 0 Å². The molecule has 32 heavy (non-hydrogen) atoms. The number of para-hydroxylation sites is 1. The molecule has 7 nitrogen and oxygen atoms in total. The predicted molar refractivity (Wildman–Crippen MR) is 130 cm³/mol. The third kappa shape index (κ3) is 4.59. The Morgan fingerprint density at radius 1 is 1.25 bits per heavy atom. The maximum Gasteiger partial charge on any atom is 0.262 e. The zero-order chi connectivity index (χ0) is 22.8. The average Bonchev–Trinajstić information content (AvgIpc) is 3.12. The van der Waals surface area contributed by atoms with E-state index in [1.54, 1.807) is 16.7 Å². The second kappa shape index (κ2) is 9.46. The number of aromatic nitrogens is 2. The second-order valence-corrected chi connectivity index (χ2v) is 10.4. The van der Waals surface area contributed by atoms with Gasteiger partial charge in [-0.05, 0) is 49.3 Å². The number of hydrogen-bond donors (Lipinski definition) is 2. The molecular weight excluding hydrogens is 444 g/mol. The number of thioether (sulfide) groups is 1. The third-order valence-corrected chi connectivity index (χ3v) is 7.56. The molecule has 0 fully saturated rings. The highest BCUT2D eigenvalue weighted by Crippen LogP contribution is 2.38. The van der Waals surface area contributed by atoms with Gasteiger partial charge in [0.15, 0.2) is 5.16 Å². The van der Waals surface area contributed by atoms with Gasteiger partial charge in [-0.15, -0.1) is 11.3 Å². The summed E-state index contributed by atoms with van der Waals surface area (Å²) in [6.45, 7) is 4.59. The molecule has 0 saturated heterocycles. The SMILES string of the molecule is CC(C)Cn1c(SCC(=O)Nc2sc3c(c2C(N)=O)CCCC3)nc2ccccc2c1=O. The molecule has 0 unspecified atom stereocenters. The van der Waals surface area contributed by atoms with Crippen LogP contribution in [0.25, 0.3) is 10.9 Å². The number of nitrogens with two attached hydrogens (primary N) is 1. The minimum atomic E-state index is -0.505. The van der Waals surface area contributed by atoms with Crippen LogP contribution in [0.5, 0.6) is 0 Å². The molecular formula is C23H26N4O3S2. The fourth-order valence-corrected chi connectivity index (χ4v) is 6.11. The van der Waals surface area contributed by atoms with Crippen molar-refractivity contribution in [3.8, 4) is 0 Å². The molecule has 2 heterocycles. The number of nitrogens with zero attached hydrogens (tertiary/aromatic N) is 2. The van der Waals surface area contributed by atoms with Crippen LogP contribution in [-0.2, 0) is 24.2 Å². The Kier molecular flexibility index (Phi) is 6.66. The van der Waals surface area contributed by atoms with Crippen LogP contribution in [0.4, 0.5) is 5.00 Å². The van der Waals surface area contributed by atoms with Crippen molar-refractivity contribution in [3.05, 3.63) is 50.6 Å². The largest absolute Gasteiger partial charge is 0.365 e. The Bertz CT molecular complexity index is 1250. The number of rotatable bonds is 7. The molecule has 0 atom stereocenters. The molecule has 168 valence electrons. The van der Waals surface area contributed by atoms with E-state index in [0.29, 0.717) is 33.2 Å². The van der Waals surface area contributed by atoms with Crippen LogP contribution in [0.15, 0.2) is 34.2 Å². The topological polar surface area (TPSA) is 107 Å². The lowest BCUT2D eigenvalue weighted by Gasteiger charge is -2.15. The van der Waals surface area contributed by atoms with Gasteiger partial charge in [0.2, 0.25) is 5.91 Å². The van der Waals surface area contributed by atoms with Crippen molar-refractivity contribution in [3.63, 3.8) is 0 Å². The summed E-state index contributed by atoms with van der Waals surface area (Å²) in [6, 6.07) is 7.23. The third-order valence-electron chi connectivity index (χ3n) is 5.38. The van der Waals surface area contributed by atoms with E-state index in [1.807, 2.05) is 26.0 Å². The van der Waals surface area contributed by atoms with Crippen LogP contribution in [-0.4, -0.2) is 27.1 Å². The Balaban J connectivity index is 1.57. The number of primary amides is 1. The summed E-state index contributed by atoms with van der Waals surface area (Å²) >= 11 is 2.67. The van der Waals surface area contributed by atoms with Crippen LogP contribution >= 0.6 is 23.1 Å². The first-order valence-corrected chi connectivity index (χ1v) is 12.5. The first-order valence-electron chi connectivity index (χ1n) is 10.7. The van der Waals surface area contributed by atoms with Crippen molar-refractivity contribution in [2.24, 2.45) is 11.7 Å². The van der Waals surface area contributed by atoms with E-state index >= 15 is 0 Å². The molecule has 0 spiro atoms. The highest BCUT2D eigenvalue weighted by Gasteiger charge is 2.25. The number of nitrogens with one attached hydrogen (secondary N) is 1. The smallest absolute Gasteiger partial charge is 0.262 e. The number of amides is 2. The van der Waals surface area contributed by atoms with Gasteiger partial charge < -0.3 is 11.1 Å². The van der Waals surface area contributed by atoms with Crippen molar-refractivity contribution < 1.29 is 9.59 Å². The molecule has 4 rings (SSSR count). The van der Waals surface area contributed by atoms with Gasteiger partial charge in [0.05, 0.1) is 22.2 Å². The minimum Gasteiger partial charge on any atom is -0.365 e. The molecule has 3 aromatic rings. The van der Waals surface area contributed by atoms with Gasteiger partial charge in [-0.1, -0.05) is 37.7 Å². The molecule has 3 N–H and O–H groups in total. The highest BCUT2D eigenvalue weighted by atomic mass is 32.2. The predicted octanol–water partition coefficient (Wildman–Crippen LogP) is 3.82. The monoisotopic (exact) mass is 470 g/mol. The molecule has 2 aromatic heterocycles. The van der Waals surface area contributed by atoms with Crippen LogP contribution < -0.4 is 16.6 Å². The molecule has 1 aromatic carbocycles. The van der Waals surface area contributed by atoms with Crippen LogP contribution in [0, 0.1) is 5.92 Å². The summed E-state index contributed by atoms with van der Waals surface area (Å²) < 4.78 is 1.64. The Hall–Kier alpha value is -2.65. The number of hydrogen-bond acceptors (Lipinski definition) is 6. The van der Waals surface area contributed by atoms with E-state index in [1.165, 1.54) is 23.1 Å². The number of anilines is 1. The molecule has 0 bridgehead atoms. The number of fused-ring (bicyclic) bond motifs is 2. The Labute approximate surface area is 194 Å². The van der Waals surface area contributed by atoms with E-state index < -0.39 is 5.91 Å². The summed E-state index contributed by atoms with van der Waals surface area (Å²) in [6.07, 6.45) is 3.83. The number of aryl methyl sites for hydroxylation is 1. The fraction of sp³-hybridized carbons (Fsp3) is 0.391. The molecule has 0 saturated carbocycles. The van der Waals surface area contributed by atoms with E-state index in [2.05, 4.69) is 10.3 Å². The fourth-order valence-electron chi connectivity index (χ4n) is 3.99. The zero-order valence-electron chi connectivity index (χ0n) is 18.1. The zero-order valence-corrected chi connectivity index (χ0v) is 19.8. The van der Waals surface area contributed by atoms with Crippen LogP contribution in [0.1, 0.15) is 47.5 Å². The standard InChI is InChI=1S/C23H26N4O3S2/c1-13(2)11-27-22(30)14-7-3-5-9-16(14)25-23(27)31-12-18(28)26-21-19(20(24)29)15-8-4-6-10-17(15)32-21/h3,5,7,9,13H,4,6,8,10-12H2,1-2H3,(H2,24,29)(H,26,28). The van der Waals surface area contributed by atoms with Gasteiger partial charge in [0, 0.05) is 11.4 Å². The first-order chi connectivity index (χ1) is 15.3. The summed E-state index contributed by atoms with van der Waals surface area (Å²) in [4.78, 5) is 43.6. The summed E-state index contributed by atoms with van der Waals surface area (Å²) in [5.41, 5.74) is 7.57.